The normalized spacial score (nSPS) is 15.4. The SMILES string of the molecule is C=CCOC(=O)C1=C(C)N=c2sc(=Cc3ccccc3OC(C)=O)c(=O)n2C1c1ccccc1. The third-order valence-electron chi connectivity index (χ3n) is 5.15. The quantitative estimate of drug-likeness (QED) is 0.312. The molecule has 1 unspecified atom stereocenters. The smallest absolute Gasteiger partial charge is 0.338 e. The molecule has 0 aliphatic carbocycles. The lowest BCUT2D eigenvalue weighted by Crippen LogP contribution is -2.39. The van der Waals surface area contributed by atoms with Crippen LogP contribution in [0.25, 0.3) is 6.08 Å². The van der Waals surface area contributed by atoms with Gasteiger partial charge in [-0.2, -0.15) is 0 Å². The molecule has 172 valence electrons. The predicted octanol–water partition coefficient (Wildman–Crippen LogP) is 2.89. The Hall–Kier alpha value is -4.04. The molecule has 0 saturated carbocycles. The van der Waals surface area contributed by atoms with Gasteiger partial charge in [0.2, 0.25) is 0 Å². The van der Waals surface area contributed by atoms with E-state index in [1.807, 2.05) is 30.3 Å². The van der Waals surface area contributed by atoms with E-state index in [9.17, 15) is 14.4 Å². The number of thiazole rings is 1. The average Bonchev–Trinajstić information content (AvgIpc) is 3.12. The van der Waals surface area contributed by atoms with Crippen LogP contribution in [0.2, 0.25) is 0 Å². The standard InChI is InChI=1S/C26H22N2O5S/c1-4-14-32-25(31)22-16(2)27-26-28(23(22)18-10-6-5-7-11-18)24(30)21(34-26)15-19-12-8-9-13-20(19)33-17(3)29/h4-13,15,23H,1,14H2,2-3H3. The molecule has 4 rings (SSSR count). The van der Waals surface area contributed by atoms with Crippen molar-refractivity contribution in [2.24, 2.45) is 4.99 Å². The molecule has 0 amide bonds. The van der Waals surface area contributed by atoms with Gasteiger partial charge in [-0.05, 0) is 24.6 Å². The Bertz CT molecular complexity index is 1480. The Morgan fingerprint density at radius 2 is 1.85 bits per heavy atom. The molecule has 1 aliphatic rings. The Morgan fingerprint density at radius 3 is 2.56 bits per heavy atom. The van der Waals surface area contributed by atoms with Gasteiger partial charge in [0, 0.05) is 12.5 Å². The molecule has 2 aromatic carbocycles. The molecule has 1 aliphatic heterocycles. The van der Waals surface area contributed by atoms with Crippen molar-refractivity contribution >= 4 is 29.4 Å². The van der Waals surface area contributed by atoms with E-state index in [2.05, 4.69) is 11.6 Å². The fraction of sp³-hybridized carbons (Fsp3) is 0.154. The minimum absolute atomic E-state index is 0.0501. The van der Waals surface area contributed by atoms with Crippen molar-refractivity contribution in [3.8, 4) is 5.75 Å². The van der Waals surface area contributed by atoms with Gasteiger partial charge >= 0.3 is 11.9 Å². The van der Waals surface area contributed by atoms with Crippen molar-refractivity contribution in [2.75, 3.05) is 6.61 Å². The highest BCUT2D eigenvalue weighted by molar-refractivity contribution is 7.07. The summed E-state index contributed by atoms with van der Waals surface area (Å²) in [6.45, 7) is 6.69. The number of aromatic nitrogens is 1. The largest absolute Gasteiger partial charge is 0.458 e. The number of allylic oxidation sites excluding steroid dienone is 1. The monoisotopic (exact) mass is 474 g/mol. The predicted molar refractivity (Wildman–Crippen MR) is 129 cm³/mol. The first-order valence-corrected chi connectivity index (χ1v) is 11.4. The lowest BCUT2D eigenvalue weighted by Gasteiger charge is -2.24. The average molecular weight is 475 g/mol. The maximum Gasteiger partial charge on any atom is 0.338 e. The lowest BCUT2D eigenvalue weighted by atomic mass is 9.96. The van der Waals surface area contributed by atoms with Gasteiger partial charge < -0.3 is 9.47 Å². The fourth-order valence-electron chi connectivity index (χ4n) is 3.73. The van der Waals surface area contributed by atoms with Crippen LogP contribution in [0.3, 0.4) is 0 Å². The second-order valence-corrected chi connectivity index (χ2v) is 8.52. The van der Waals surface area contributed by atoms with Gasteiger partial charge in [-0.3, -0.25) is 14.2 Å². The van der Waals surface area contributed by atoms with E-state index in [-0.39, 0.29) is 12.2 Å². The first kappa shape index (κ1) is 23.1. The molecule has 1 atom stereocenters. The number of para-hydroxylation sites is 1. The van der Waals surface area contributed by atoms with Crippen LogP contribution >= 0.6 is 11.3 Å². The number of ether oxygens (including phenoxy) is 2. The molecule has 0 saturated heterocycles. The van der Waals surface area contributed by atoms with E-state index < -0.39 is 18.0 Å². The summed E-state index contributed by atoms with van der Waals surface area (Å²) in [5.41, 5.74) is 1.82. The summed E-state index contributed by atoms with van der Waals surface area (Å²) >= 11 is 1.20. The number of rotatable bonds is 6. The Kier molecular flexibility index (Phi) is 6.70. The number of carbonyl (C=O) groups excluding carboxylic acids is 2. The first-order valence-electron chi connectivity index (χ1n) is 10.5. The summed E-state index contributed by atoms with van der Waals surface area (Å²) in [7, 11) is 0. The fourth-order valence-corrected chi connectivity index (χ4v) is 4.77. The number of nitrogens with zero attached hydrogens (tertiary/aromatic N) is 2. The maximum atomic E-state index is 13.6. The highest BCUT2D eigenvalue weighted by atomic mass is 32.1. The molecule has 8 heteroatoms. The molecule has 0 radical (unpaired) electrons. The molecule has 0 fully saturated rings. The highest BCUT2D eigenvalue weighted by Crippen LogP contribution is 2.30. The van der Waals surface area contributed by atoms with Crippen LogP contribution in [0.15, 0.2) is 88.3 Å². The summed E-state index contributed by atoms with van der Waals surface area (Å²) in [5.74, 6) is -0.653. The summed E-state index contributed by atoms with van der Waals surface area (Å²) in [5, 5.41) is 0. The van der Waals surface area contributed by atoms with Crippen LogP contribution in [-0.4, -0.2) is 23.1 Å². The van der Waals surface area contributed by atoms with Crippen molar-refractivity contribution in [3.05, 3.63) is 109 Å². The Balaban J connectivity index is 1.92. The van der Waals surface area contributed by atoms with Crippen molar-refractivity contribution in [1.29, 1.82) is 0 Å². The Labute approximate surface area is 199 Å². The number of hydrogen-bond acceptors (Lipinski definition) is 7. The van der Waals surface area contributed by atoms with Crippen LogP contribution in [0.1, 0.15) is 31.0 Å². The van der Waals surface area contributed by atoms with Gasteiger partial charge in [0.05, 0.1) is 21.8 Å². The molecule has 3 aromatic rings. The van der Waals surface area contributed by atoms with Gasteiger partial charge in [0.25, 0.3) is 5.56 Å². The molecular formula is C26H22N2O5S. The second-order valence-electron chi connectivity index (χ2n) is 7.51. The van der Waals surface area contributed by atoms with E-state index in [0.717, 1.165) is 5.56 Å². The molecule has 2 heterocycles. The minimum atomic E-state index is -0.694. The molecule has 0 N–H and O–H groups in total. The topological polar surface area (TPSA) is 87.0 Å². The molecule has 0 spiro atoms. The van der Waals surface area contributed by atoms with Crippen LogP contribution < -0.4 is 19.6 Å². The van der Waals surface area contributed by atoms with Crippen molar-refractivity contribution < 1.29 is 19.1 Å². The van der Waals surface area contributed by atoms with Crippen LogP contribution in [0, 0.1) is 0 Å². The van der Waals surface area contributed by atoms with E-state index in [0.29, 0.717) is 31.9 Å². The molecule has 0 bridgehead atoms. The molecule has 7 nitrogen and oxygen atoms in total. The number of esters is 2. The zero-order valence-corrected chi connectivity index (χ0v) is 19.5. The molecular weight excluding hydrogens is 452 g/mol. The van der Waals surface area contributed by atoms with Crippen LogP contribution in [-0.2, 0) is 14.3 Å². The van der Waals surface area contributed by atoms with Crippen molar-refractivity contribution in [2.45, 2.75) is 19.9 Å². The van der Waals surface area contributed by atoms with Gasteiger partial charge in [-0.25, -0.2) is 9.79 Å². The number of benzene rings is 2. The third-order valence-corrected chi connectivity index (χ3v) is 6.13. The molecule has 34 heavy (non-hydrogen) atoms. The summed E-state index contributed by atoms with van der Waals surface area (Å²) in [6, 6.07) is 15.5. The zero-order valence-electron chi connectivity index (χ0n) is 18.7. The zero-order chi connectivity index (χ0) is 24.2. The van der Waals surface area contributed by atoms with E-state index in [1.54, 1.807) is 37.3 Å². The summed E-state index contributed by atoms with van der Waals surface area (Å²) in [6.07, 6.45) is 3.15. The van der Waals surface area contributed by atoms with Crippen LogP contribution in [0.5, 0.6) is 5.75 Å². The van der Waals surface area contributed by atoms with Gasteiger partial charge in [0.15, 0.2) is 4.80 Å². The summed E-state index contributed by atoms with van der Waals surface area (Å²) in [4.78, 5) is 43.1. The summed E-state index contributed by atoms with van der Waals surface area (Å²) < 4.78 is 12.5. The van der Waals surface area contributed by atoms with E-state index in [4.69, 9.17) is 9.47 Å². The van der Waals surface area contributed by atoms with E-state index in [1.165, 1.54) is 28.9 Å². The highest BCUT2D eigenvalue weighted by Gasteiger charge is 2.33. The lowest BCUT2D eigenvalue weighted by molar-refractivity contribution is -0.138. The first-order chi connectivity index (χ1) is 16.4. The Morgan fingerprint density at radius 1 is 1.15 bits per heavy atom. The van der Waals surface area contributed by atoms with Gasteiger partial charge in [-0.1, -0.05) is 72.5 Å². The van der Waals surface area contributed by atoms with Crippen molar-refractivity contribution in [1.82, 2.24) is 4.57 Å². The van der Waals surface area contributed by atoms with Gasteiger partial charge in [-0.15, -0.1) is 0 Å². The number of fused-ring (bicyclic) bond motifs is 1. The van der Waals surface area contributed by atoms with Crippen molar-refractivity contribution in [3.63, 3.8) is 0 Å². The third kappa shape index (κ3) is 4.53. The second kappa shape index (κ2) is 9.84. The van der Waals surface area contributed by atoms with Gasteiger partial charge in [0.1, 0.15) is 12.4 Å². The van der Waals surface area contributed by atoms with E-state index >= 15 is 0 Å². The molecule has 1 aromatic heterocycles. The minimum Gasteiger partial charge on any atom is -0.458 e. The number of carbonyl (C=O) groups is 2. The van der Waals surface area contributed by atoms with Crippen LogP contribution in [0.4, 0.5) is 0 Å². The maximum absolute atomic E-state index is 13.6. The number of hydrogen-bond donors (Lipinski definition) is 0.